The SMILES string of the molecule is CCNC(=NCCCCOCC)NCCC1CCN(CC)CC1. The van der Waals surface area contributed by atoms with Gasteiger partial charge >= 0.3 is 0 Å². The summed E-state index contributed by atoms with van der Waals surface area (Å²) in [4.78, 5) is 7.20. The molecule has 2 N–H and O–H groups in total. The molecule has 136 valence electrons. The third-order valence-electron chi connectivity index (χ3n) is 4.51. The van der Waals surface area contributed by atoms with Gasteiger partial charge in [0.05, 0.1) is 0 Å². The van der Waals surface area contributed by atoms with E-state index in [0.29, 0.717) is 0 Å². The zero-order chi connectivity index (χ0) is 16.8. The summed E-state index contributed by atoms with van der Waals surface area (Å²) in [5.41, 5.74) is 0. The number of rotatable bonds is 11. The number of aliphatic imine (C=N–C) groups is 1. The molecule has 1 saturated heterocycles. The maximum Gasteiger partial charge on any atom is 0.191 e. The van der Waals surface area contributed by atoms with Crippen LogP contribution < -0.4 is 10.6 Å². The summed E-state index contributed by atoms with van der Waals surface area (Å²) >= 11 is 0. The third kappa shape index (κ3) is 9.82. The van der Waals surface area contributed by atoms with Crippen molar-refractivity contribution in [2.24, 2.45) is 10.9 Å². The summed E-state index contributed by atoms with van der Waals surface area (Å²) in [6.45, 7) is 14.6. The Morgan fingerprint density at radius 2 is 1.91 bits per heavy atom. The summed E-state index contributed by atoms with van der Waals surface area (Å²) in [5.74, 6) is 1.84. The summed E-state index contributed by atoms with van der Waals surface area (Å²) in [6.07, 6.45) is 6.13. The van der Waals surface area contributed by atoms with Crippen molar-refractivity contribution in [3.8, 4) is 0 Å². The second kappa shape index (κ2) is 13.6. The molecule has 0 aromatic heterocycles. The van der Waals surface area contributed by atoms with Crippen LogP contribution in [0.2, 0.25) is 0 Å². The van der Waals surface area contributed by atoms with E-state index >= 15 is 0 Å². The van der Waals surface area contributed by atoms with E-state index in [0.717, 1.165) is 57.6 Å². The average molecular weight is 327 g/mol. The molecule has 0 bridgehead atoms. The molecule has 0 aromatic rings. The van der Waals surface area contributed by atoms with Crippen molar-refractivity contribution in [1.29, 1.82) is 0 Å². The number of hydrogen-bond donors (Lipinski definition) is 2. The van der Waals surface area contributed by atoms with Crippen molar-refractivity contribution in [1.82, 2.24) is 15.5 Å². The van der Waals surface area contributed by atoms with Crippen LogP contribution in [-0.2, 0) is 4.74 Å². The standard InChI is InChI=1S/C18H38N4O/c1-4-19-18(20-12-7-8-16-23-6-3)21-13-9-17-10-14-22(5-2)15-11-17/h17H,4-16H2,1-3H3,(H2,19,20,21). The molecule has 1 aliphatic rings. The molecule has 0 radical (unpaired) electrons. The first kappa shape index (κ1) is 20.2. The lowest BCUT2D eigenvalue weighted by Gasteiger charge is -2.31. The fraction of sp³-hybridized carbons (Fsp3) is 0.944. The van der Waals surface area contributed by atoms with Crippen LogP contribution >= 0.6 is 0 Å². The van der Waals surface area contributed by atoms with Gasteiger partial charge in [-0.25, -0.2) is 0 Å². The van der Waals surface area contributed by atoms with Gasteiger partial charge in [-0.2, -0.15) is 0 Å². The lowest BCUT2D eigenvalue weighted by atomic mass is 9.93. The lowest BCUT2D eigenvalue weighted by molar-refractivity contribution is 0.144. The molecule has 0 atom stereocenters. The van der Waals surface area contributed by atoms with Crippen LogP contribution in [0.4, 0.5) is 0 Å². The van der Waals surface area contributed by atoms with Crippen LogP contribution in [0.5, 0.6) is 0 Å². The topological polar surface area (TPSA) is 48.9 Å². The Bertz CT molecular complexity index is 301. The van der Waals surface area contributed by atoms with E-state index in [1.807, 2.05) is 6.92 Å². The molecule has 1 fully saturated rings. The van der Waals surface area contributed by atoms with Crippen LogP contribution in [0.3, 0.4) is 0 Å². The molecule has 1 heterocycles. The van der Waals surface area contributed by atoms with Crippen molar-refractivity contribution < 1.29 is 4.74 Å². The monoisotopic (exact) mass is 326 g/mol. The van der Waals surface area contributed by atoms with Gasteiger partial charge in [0.25, 0.3) is 0 Å². The van der Waals surface area contributed by atoms with E-state index in [1.54, 1.807) is 0 Å². The van der Waals surface area contributed by atoms with Gasteiger partial charge in [-0.15, -0.1) is 0 Å². The smallest absolute Gasteiger partial charge is 0.191 e. The Morgan fingerprint density at radius 3 is 2.57 bits per heavy atom. The summed E-state index contributed by atoms with van der Waals surface area (Å²) in [7, 11) is 0. The first-order valence-electron chi connectivity index (χ1n) is 9.62. The molecule has 23 heavy (non-hydrogen) atoms. The molecule has 5 heteroatoms. The van der Waals surface area contributed by atoms with Crippen molar-refractivity contribution >= 4 is 5.96 Å². The van der Waals surface area contributed by atoms with Crippen LogP contribution in [0.25, 0.3) is 0 Å². The Kier molecular flexibility index (Phi) is 12.0. The van der Waals surface area contributed by atoms with E-state index in [1.165, 1.54) is 38.9 Å². The average Bonchev–Trinajstić information content (AvgIpc) is 2.58. The molecule has 0 amide bonds. The normalized spacial score (nSPS) is 17.4. The van der Waals surface area contributed by atoms with Crippen molar-refractivity contribution in [2.75, 3.05) is 52.5 Å². The van der Waals surface area contributed by atoms with Crippen LogP contribution in [0.15, 0.2) is 4.99 Å². The molecule has 1 aliphatic heterocycles. The number of piperidine rings is 1. The number of hydrogen-bond acceptors (Lipinski definition) is 3. The van der Waals surface area contributed by atoms with Crippen LogP contribution in [0, 0.1) is 5.92 Å². The first-order chi connectivity index (χ1) is 11.3. The minimum Gasteiger partial charge on any atom is -0.382 e. The Hall–Kier alpha value is -0.810. The maximum absolute atomic E-state index is 5.35. The van der Waals surface area contributed by atoms with Crippen molar-refractivity contribution in [2.45, 2.75) is 52.9 Å². The highest BCUT2D eigenvalue weighted by atomic mass is 16.5. The largest absolute Gasteiger partial charge is 0.382 e. The number of unbranched alkanes of at least 4 members (excludes halogenated alkanes) is 1. The van der Waals surface area contributed by atoms with Gasteiger partial charge in [0.2, 0.25) is 0 Å². The van der Waals surface area contributed by atoms with Gasteiger partial charge in [0.1, 0.15) is 0 Å². The molecular formula is C18H38N4O. The Balaban J connectivity index is 2.14. The first-order valence-corrected chi connectivity index (χ1v) is 9.62. The Morgan fingerprint density at radius 1 is 1.13 bits per heavy atom. The van der Waals surface area contributed by atoms with E-state index in [2.05, 4.69) is 34.4 Å². The van der Waals surface area contributed by atoms with E-state index in [4.69, 9.17) is 4.74 Å². The van der Waals surface area contributed by atoms with Gasteiger partial charge in [-0.1, -0.05) is 6.92 Å². The highest BCUT2D eigenvalue weighted by Gasteiger charge is 2.17. The summed E-state index contributed by atoms with van der Waals surface area (Å²) in [6, 6.07) is 0. The quantitative estimate of drug-likeness (QED) is 0.348. The third-order valence-corrected chi connectivity index (χ3v) is 4.51. The van der Waals surface area contributed by atoms with Crippen molar-refractivity contribution in [3.63, 3.8) is 0 Å². The lowest BCUT2D eigenvalue weighted by Crippen LogP contribution is -2.39. The fourth-order valence-corrected chi connectivity index (χ4v) is 2.98. The second-order valence-electron chi connectivity index (χ2n) is 6.26. The van der Waals surface area contributed by atoms with Crippen LogP contribution in [-0.4, -0.2) is 63.3 Å². The fourth-order valence-electron chi connectivity index (χ4n) is 2.98. The number of nitrogens with one attached hydrogen (secondary N) is 2. The number of likely N-dealkylation sites (tertiary alicyclic amines) is 1. The molecule has 0 spiro atoms. The predicted octanol–water partition coefficient (Wildman–Crippen LogP) is 2.48. The van der Waals surface area contributed by atoms with Gasteiger partial charge in [0, 0.05) is 32.8 Å². The maximum atomic E-state index is 5.35. The van der Waals surface area contributed by atoms with Gasteiger partial charge in [0.15, 0.2) is 5.96 Å². The molecule has 0 saturated carbocycles. The van der Waals surface area contributed by atoms with E-state index in [9.17, 15) is 0 Å². The number of ether oxygens (including phenoxy) is 1. The number of guanidine groups is 1. The molecule has 0 unspecified atom stereocenters. The van der Waals surface area contributed by atoms with E-state index < -0.39 is 0 Å². The van der Waals surface area contributed by atoms with Gasteiger partial charge < -0.3 is 20.3 Å². The molecule has 0 aliphatic carbocycles. The molecule has 5 nitrogen and oxygen atoms in total. The predicted molar refractivity (Wildman–Crippen MR) is 99.2 cm³/mol. The second-order valence-corrected chi connectivity index (χ2v) is 6.26. The number of nitrogens with zero attached hydrogens (tertiary/aromatic N) is 2. The Labute approximate surface area is 143 Å². The minimum absolute atomic E-state index is 0.810. The van der Waals surface area contributed by atoms with Gasteiger partial charge in [-0.05, 0) is 71.5 Å². The zero-order valence-electron chi connectivity index (χ0n) is 15.6. The summed E-state index contributed by atoms with van der Waals surface area (Å²) in [5, 5.41) is 6.83. The highest BCUT2D eigenvalue weighted by Crippen LogP contribution is 2.19. The highest BCUT2D eigenvalue weighted by molar-refractivity contribution is 5.79. The van der Waals surface area contributed by atoms with Crippen LogP contribution in [0.1, 0.15) is 52.9 Å². The molecule has 1 rings (SSSR count). The minimum atomic E-state index is 0.810. The van der Waals surface area contributed by atoms with E-state index in [-0.39, 0.29) is 0 Å². The molecular weight excluding hydrogens is 288 g/mol. The van der Waals surface area contributed by atoms with Crippen molar-refractivity contribution in [3.05, 3.63) is 0 Å². The molecule has 0 aromatic carbocycles. The summed E-state index contributed by atoms with van der Waals surface area (Å²) < 4.78 is 5.35. The zero-order valence-corrected chi connectivity index (χ0v) is 15.6. The van der Waals surface area contributed by atoms with Gasteiger partial charge in [-0.3, -0.25) is 4.99 Å².